The van der Waals surface area contributed by atoms with Crippen molar-refractivity contribution in [3.8, 4) is 44.7 Å². The average Bonchev–Trinajstić information content (AvgIpc) is 4.01. The summed E-state index contributed by atoms with van der Waals surface area (Å²) in [7, 11) is 0. The summed E-state index contributed by atoms with van der Waals surface area (Å²) >= 11 is 0. The van der Waals surface area contributed by atoms with Crippen molar-refractivity contribution in [1.82, 2.24) is 19.9 Å². The highest BCUT2D eigenvalue weighted by Crippen LogP contribution is 2.42. The number of fused-ring (bicyclic) bond motifs is 8. The number of carboxylic acids is 1. The molecule has 0 amide bonds. The predicted octanol–water partition coefficient (Wildman–Crippen LogP) is 13.4. The Labute approximate surface area is 343 Å². The van der Waals surface area contributed by atoms with Gasteiger partial charge < -0.3 is 19.5 Å². The zero-order chi connectivity index (χ0) is 41.4. The number of aryl methyl sites for hydroxylation is 9. The van der Waals surface area contributed by atoms with Crippen molar-refractivity contribution in [2.24, 2.45) is 0 Å². The highest BCUT2D eigenvalue weighted by atomic mass is 16.4. The summed E-state index contributed by atoms with van der Waals surface area (Å²) in [6.07, 6.45) is 8.31. The van der Waals surface area contributed by atoms with Gasteiger partial charge in [-0.15, -0.1) is 0 Å². The van der Waals surface area contributed by atoms with Crippen LogP contribution in [0.3, 0.4) is 0 Å². The number of nitrogens with one attached hydrogen (secondary N) is 2. The molecule has 0 saturated heterocycles. The van der Waals surface area contributed by atoms with Crippen molar-refractivity contribution >= 4 is 52.3 Å². The van der Waals surface area contributed by atoms with Crippen LogP contribution in [0, 0.1) is 62.3 Å². The quantitative estimate of drug-likeness (QED) is 0.161. The second-order valence-electron chi connectivity index (χ2n) is 16.3. The van der Waals surface area contributed by atoms with Gasteiger partial charge in [-0.3, -0.25) is 0 Å². The maximum Gasteiger partial charge on any atom is 0.371 e. The number of furan rings is 1. The molecule has 9 rings (SSSR count). The molecule has 0 atom stereocenters. The maximum absolute atomic E-state index is 12.1. The van der Waals surface area contributed by atoms with Gasteiger partial charge in [0.1, 0.15) is 5.76 Å². The molecular formula is C52H46N4O3. The van der Waals surface area contributed by atoms with Gasteiger partial charge in [0.15, 0.2) is 0 Å². The molecule has 0 unspecified atom stereocenters. The van der Waals surface area contributed by atoms with Crippen LogP contribution in [0.1, 0.15) is 83.4 Å². The number of carbonyl (C=O) groups is 1. The molecule has 2 aliphatic heterocycles. The van der Waals surface area contributed by atoms with E-state index in [0.717, 1.165) is 94.8 Å². The minimum atomic E-state index is -1.14. The Morgan fingerprint density at radius 2 is 0.746 bits per heavy atom. The Hall–Kier alpha value is -6.99. The molecule has 292 valence electrons. The van der Waals surface area contributed by atoms with Crippen molar-refractivity contribution in [3.05, 3.63) is 151 Å². The van der Waals surface area contributed by atoms with Crippen molar-refractivity contribution in [1.29, 1.82) is 0 Å². The van der Waals surface area contributed by atoms with Gasteiger partial charge in [0.25, 0.3) is 0 Å². The lowest BCUT2D eigenvalue weighted by Crippen LogP contribution is -1.96. The number of carboxylic acid groups (broad SMARTS) is 1. The van der Waals surface area contributed by atoms with Crippen LogP contribution < -0.4 is 0 Å². The molecule has 7 nitrogen and oxygen atoms in total. The van der Waals surface area contributed by atoms with E-state index in [0.29, 0.717) is 17.0 Å². The number of hydrogen-bond acceptors (Lipinski definition) is 4. The Bertz CT molecular complexity index is 3060. The molecule has 0 radical (unpaired) electrons. The normalized spacial score (nSPS) is 12.2. The molecule has 0 saturated carbocycles. The number of hydrogen-bond donors (Lipinski definition) is 3. The SMILES string of the molecule is Cc1cc(C)c(-c2c3nc(c(-c4c(C)cc(C)cc4C)c4ccc([nH]4)c(-c4c(C)cc(C)cc4C)c4nc(c(-c5ccc(C(=O)O)o5)c5ccc2[nH]5)C=C4)C=C3)c(C)c1. The number of aromatic nitrogens is 4. The van der Waals surface area contributed by atoms with E-state index in [9.17, 15) is 9.90 Å². The van der Waals surface area contributed by atoms with Crippen LogP contribution in [0.2, 0.25) is 0 Å². The fraction of sp³-hybridized carbons (Fsp3) is 0.173. The van der Waals surface area contributed by atoms with Crippen LogP contribution in [0.5, 0.6) is 0 Å². The van der Waals surface area contributed by atoms with Crippen molar-refractivity contribution in [3.63, 3.8) is 0 Å². The van der Waals surface area contributed by atoms with Crippen LogP contribution in [0.15, 0.2) is 77.2 Å². The summed E-state index contributed by atoms with van der Waals surface area (Å²) in [5.41, 5.74) is 24.1. The van der Waals surface area contributed by atoms with Gasteiger partial charge in [-0.2, -0.15) is 0 Å². The topological polar surface area (TPSA) is 108 Å². The van der Waals surface area contributed by atoms with Crippen molar-refractivity contribution in [2.75, 3.05) is 0 Å². The van der Waals surface area contributed by atoms with E-state index in [-0.39, 0.29) is 5.76 Å². The van der Waals surface area contributed by atoms with Gasteiger partial charge in [-0.1, -0.05) is 53.1 Å². The first-order chi connectivity index (χ1) is 28.2. The van der Waals surface area contributed by atoms with Crippen molar-refractivity contribution in [2.45, 2.75) is 62.3 Å². The summed E-state index contributed by atoms with van der Waals surface area (Å²) in [4.78, 5) is 30.7. The molecule has 2 aliphatic rings. The molecular weight excluding hydrogens is 729 g/mol. The molecule has 59 heavy (non-hydrogen) atoms. The second kappa shape index (κ2) is 14.1. The third-order valence-electron chi connectivity index (χ3n) is 11.6. The number of benzene rings is 3. The van der Waals surface area contributed by atoms with Gasteiger partial charge in [-0.05, 0) is 173 Å². The standard InChI is InChI=1S/C52H46N4O3/c1-26-20-29(4)45(30(5)21-26)49-37-12-10-35(53-37)48(43-18-19-44(59-43)52(57)58)36-11-13-38(54-36)50(46-31(6)22-27(2)23-32(46)7)40-15-17-42(56-40)51(41-16-14-39(49)55-41)47-33(8)24-28(3)25-34(47)9/h10-25,53,56H,1-9H3,(H,57,58). The molecule has 7 heteroatoms. The third-order valence-corrected chi connectivity index (χ3v) is 11.6. The lowest BCUT2D eigenvalue weighted by atomic mass is 9.92. The van der Waals surface area contributed by atoms with E-state index >= 15 is 0 Å². The summed E-state index contributed by atoms with van der Waals surface area (Å²) in [6, 6.07) is 25.0. The number of rotatable bonds is 5. The zero-order valence-electron chi connectivity index (χ0n) is 34.9. The van der Waals surface area contributed by atoms with Gasteiger partial charge in [0.2, 0.25) is 5.76 Å². The van der Waals surface area contributed by atoms with Gasteiger partial charge >= 0.3 is 5.97 Å². The number of nitrogens with zero attached hydrogens (tertiary/aromatic N) is 2. The van der Waals surface area contributed by atoms with Gasteiger partial charge in [0, 0.05) is 33.2 Å². The first-order valence-corrected chi connectivity index (χ1v) is 20.0. The third kappa shape index (κ3) is 6.43. The monoisotopic (exact) mass is 774 g/mol. The summed E-state index contributed by atoms with van der Waals surface area (Å²) in [5.74, 6) is -0.884. The zero-order valence-corrected chi connectivity index (χ0v) is 34.9. The molecule has 3 aromatic carbocycles. The molecule has 0 fully saturated rings. The summed E-state index contributed by atoms with van der Waals surface area (Å²) < 4.78 is 6.04. The molecule has 6 heterocycles. The van der Waals surface area contributed by atoms with Crippen LogP contribution >= 0.6 is 0 Å². The molecule has 0 spiro atoms. The van der Waals surface area contributed by atoms with E-state index in [1.54, 1.807) is 6.07 Å². The highest BCUT2D eigenvalue weighted by Gasteiger charge is 2.23. The number of aromatic carboxylic acids is 1. The van der Waals surface area contributed by atoms with Crippen LogP contribution in [0.4, 0.5) is 0 Å². The average molecular weight is 775 g/mol. The lowest BCUT2D eigenvalue weighted by molar-refractivity contribution is 0.0663. The predicted molar refractivity (Wildman–Crippen MR) is 242 cm³/mol. The first kappa shape index (κ1) is 37.6. The fourth-order valence-electron chi connectivity index (χ4n) is 9.56. The van der Waals surface area contributed by atoms with Gasteiger partial charge in [0.05, 0.1) is 33.9 Å². The lowest BCUT2D eigenvalue weighted by Gasteiger charge is -2.14. The molecule has 4 aromatic heterocycles. The summed E-state index contributed by atoms with van der Waals surface area (Å²) in [5, 5.41) is 9.90. The van der Waals surface area contributed by atoms with E-state index in [4.69, 9.17) is 14.4 Å². The minimum absolute atomic E-state index is 0.145. The van der Waals surface area contributed by atoms with E-state index in [1.165, 1.54) is 33.9 Å². The largest absolute Gasteiger partial charge is 0.475 e. The van der Waals surface area contributed by atoms with Crippen LogP contribution in [-0.2, 0) is 0 Å². The Morgan fingerprint density at radius 1 is 0.441 bits per heavy atom. The first-order valence-electron chi connectivity index (χ1n) is 20.0. The Morgan fingerprint density at radius 3 is 1.05 bits per heavy atom. The highest BCUT2D eigenvalue weighted by molar-refractivity contribution is 6.01. The fourth-order valence-corrected chi connectivity index (χ4v) is 9.56. The molecule has 7 aromatic rings. The van der Waals surface area contributed by atoms with Crippen LogP contribution in [-0.4, -0.2) is 31.0 Å². The van der Waals surface area contributed by atoms with Gasteiger partial charge in [-0.25, -0.2) is 14.8 Å². The smallest absolute Gasteiger partial charge is 0.371 e. The van der Waals surface area contributed by atoms with E-state index in [1.807, 2.05) is 18.2 Å². The van der Waals surface area contributed by atoms with E-state index < -0.39 is 5.97 Å². The minimum Gasteiger partial charge on any atom is -0.475 e. The Balaban J connectivity index is 1.52. The molecule has 3 N–H and O–H groups in total. The van der Waals surface area contributed by atoms with E-state index in [2.05, 4.69) is 139 Å². The number of H-pyrrole nitrogens is 2. The second-order valence-corrected chi connectivity index (χ2v) is 16.3. The molecule has 0 aliphatic carbocycles. The molecule has 8 bridgehead atoms. The Kier molecular flexibility index (Phi) is 9.00. The maximum atomic E-state index is 12.1. The van der Waals surface area contributed by atoms with Crippen molar-refractivity contribution < 1.29 is 14.3 Å². The number of aromatic amines is 2. The summed E-state index contributed by atoms with van der Waals surface area (Å²) in [6.45, 7) is 19.4. The van der Waals surface area contributed by atoms with Crippen LogP contribution in [0.25, 0.3) is 91.1 Å².